The second kappa shape index (κ2) is 10.9. The van der Waals surface area contributed by atoms with Gasteiger partial charge in [-0.25, -0.2) is 9.48 Å². The van der Waals surface area contributed by atoms with Gasteiger partial charge in [0.15, 0.2) is 5.65 Å². The van der Waals surface area contributed by atoms with Crippen molar-refractivity contribution in [2.75, 3.05) is 5.32 Å². The number of hydrogen-bond donors (Lipinski definition) is 2. The molecule has 3 aromatic heterocycles. The number of pyridine rings is 1. The van der Waals surface area contributed by atoms with Crippen LogP contribution in [0.15, 0.2) is 88.8 Å². The molecule has 39 heavy (non-hydrogen) atoms. The number of urea groups is 1. The summed E-state index contributed by atoms with van der Waals surface area (Å²) in [6.45, 7) is 10.9. The molecule has 0 bridgehead atoms. The van der Waals surface area contributed by atoms with E-state index in [1.807, 2.05) is 71.1 Å². The first-order chi connectivity index (χ1) is 18.7. The van der Waals surface area contributed by atoms with Gasteiger partial charge in [-0.1, -0.05) is 82.8 Å². The fourth-order valence-electron chi connectivity index (χ4n) is 4.16. The Morgan fingerprint density at radius 3 is 2.46 bits per heavy atom. The zero-order valence-corrected chi connectivity index (χ0v) is 23.7. The number of nitrogens with one attached hydrogen (secondary N) is 2. The number of para-hydroxylation sites is 1. The van der Waals surface area contributed by atoms with Gasteiger partial charge in [-0.05, 0) is 35.9 Å². The molecule has 5 rings (SSSR count). The van der Waals surface area contributed by atoms with Gasteiger partial charge >= 0.3 is 6.03 Å². The number of amides is 2. The van der Waals surface area contributed by atoms with Gasteiger partial charge in [-0.15, -0.1) is 10.2 Å². The molecule has 0 aliphatic carbocycles. The van der Waals surface area contributed by atoms with E-state index >= 15 is 0 Å². The Morgan fingerprint density at radius 1 is 0.974 bits per heavy atom. The Kier molecular flexibility index (Phi) is 7.43. The number of rotatable bonds is 7. The molecule has 2 N–H and O–H groups in total. The summed E-state index contributed by atoms with van der Waals surface area (Å²) in [4.78, 5) is 15.2. The summed E-state index contributed by atoms with van der Waals surface area (Å²) >= 11 is 1.65. The Balaban J connectivity index is 1.31. The van der Waals surface area contributed by atoms with Crippen molar-refractivity contribution in [3.05, 3.63) is 96.1 Å². The van der Waals surface area contributed by atoms with E-state index in [-0.39, 0.29) is 17.4 Å². The maximum Gasteiger partial charge on any atom is 0.320 e. The van der Waals surface area contributed by atoms with Crippen LogP contribution in [0.5, 0.6) is 0 Å². The maximum absolute atomic E-state index is 13.0. The topological polar surface area (TPSA) is 89.1 Å². The number of aromatic nitrogens is 5. The van der Waals surface area contributed by atoms with Crippen molar-refractivity contribution in [2.45, 2.75) is 62.3 Å². The normalized spacial score (nSPS) is 11.7. The molecule has 0 unspecified atom stereocenters. The van der Waals surface area contributed by atoms with Crippen molar-refractivity contribution in [3.8, 4) is 5.69 Å². The predicted molar refractivity (Wildman–Crippen MR) is 156 cm³/mol. The second-order valence-corrected chi connectivity index (χ2v) is 11.9. The summed E-state index contributed by atoms with van der Waals surface area (Å²) in [7, 11) is 0. The lowest BCUT2D eigenvalue weighted by Gasteiger charge is -2.14. The molecular formula is C30H33N7OS. The maximum atomic E-state index is 13.0. The fourth-order valence-corrected chi connectivity index (χ4v) is 5.12. The molecule has 2 amide bonds. The van der Waals surface area contributed by atoms with E-state index in [2.05, 4.69) is 67.7 Å². The molecule has 0 aliphatic heterocycles. The average molecular weight is 540 g/mol. The van der Waals surface area contributed by atoms with Gasteiger partial charge in [-0.2, -0.15) is 5.10 Å². The molecule has 0 atom stereocenters. The van der Waals surface area contributed by atoms with E-state index in [9.17, 15) is 4.79 Å². The molecule has 200 valence electrons. The largest absolute Gasteiger partial charge is 0.334 e. The van der Waals surface area contributed by atoms with Gasteiger partial charge in [0.05, 0.1) is 11.4 Å². The number of hydrogen-bond acceptors (Lipinski definition) is 5. The van der Waals surface area contributed by atoms with Gasteiger partial charge in [0.25, 0.3) is 0 Å². The van der Waals surface area contributed by atoms with Crippen LogP contribution < -0.4 is 10.6 Å². The van der Waals surface area contributed by atoms with Crippen molar-refractivity contribution >= 4 is 29.3 Å². The van der Waals surface area contributed by atoms with Gasteiger partial charge in [0.2, 0.25) is 0 Å². The first kappa shape index (κ1) is 26.5. The Bertz CT molecular complexity index is 1600. The van der Waals surface area contributed by atoms with E-state index in [0.29, 0.717) is 12.4 Å². The van der Waals surface area contributed by atoms with Crippen molar-refractivity contribution < 1.29 is 4.79 Å². The number of carbonyl (C=O) groups excluding carboxylic acids is 1. The third-order valence-corrected chi connectivity index (χ3v) is 7.37. The molecule has 2 aromatic carbocycles. The number of nitrogens with zero attached hydrogens (tertiary/aromatic N) is 5. The highest BCUT2D eigenvalue weighted by molar-refractivity contribution is 7.99. The molecule has 5 aromatic rings. The van der Waals surface area contributed by atoms with Gasteiger partial charge in [0.1, 0.15) is 11.6 Å². The first-order valence-corrected chi connectivity index (χ1v) is 13.8. The average Bonchev–Trinajstić information content (AvgIpc) is 3.53. The first-order valence-electron chi connectivity index (χ1n) is 13.0. The number of benzene rings is 2. The monoisotopic (exact) mass is 539 g/mol. The summed E-state index contributed by atoms with van der Waals surface area (Å²) < 4.78 is 3.82. The minimum absolute atomic E-state index is 0.158. The Hall–Kier alpha value is -4.11. The lowest BCUT2D eigenvalue weighted by Crippen LogP contribution is -2.29. The van der Waals surface area contributed by atoms with E-state index in [1.54, 1.807) is 16.4 Å². The lowest BCUT2D eigenvalue weighted by atomic mass is 9.92. The summed E-state index contributed by atoms with van der Waals surface area (Å²) in [5, 5.41) is 19.4. The van der Waals surface area contributed by atoms with Crippen molar-refractivity contribution in [2.24, 2.45) is 0 Å². The van der Waals surface area contributed by atoms with E-state index in [0.717, 1.165) is 38.2 Å². The van der Waals surface area contributed by atoms with Gasteiger partial charge in [0, 0.05) is 39.9 Å². The SMILES string of the molecule is CC(C)c1nnc2ccc(Sc3ccccc3CNC(=O)Nc3cc(C(C)(C)C)nn3-c3ccccc3)cn12. The molecular weight excluding hydrogens is 506 g/mol. The highest BCUT2D eigenvalue weighted by atomic mass is 32.2. The molecule has 9 heteroatoms. The van der Waals surface area contributed by atoms with Crippen LogP contribution in [0.25, 0.3) is 11.3 Å². The molecule has 0 saturated carbocycles. The summed E-state index contributed by atoms with van der Waals surface area (Å²) in [5.74, 6) is 1.82. The van der Waals surface area contributed by atoms with E-state index < -0.39 is 0 Å². The predicted octanol–water partition coefficient (Wildman–Crippen LogP) is 6.81. The quantitative estimate of drug-likeness (QED) is 0.237. The van der Waals surface area contributed by atoms with E-state index in [1.165, 1.54) is 0 Å². The summed E-state index contributed by atoms with van der Waals surface area (Å²) in [6, 6.07) is 23.6. The molecule has 3 heterocycles. The second-order valence-electron chi connectivity index (χ2n) is 10.7. The van der Waals surface area contributed by atoms with Gasteiger partial charge < -0.3 is 5.32 Å². The van der Waals surface area contributed by atoms with Crippen LogP contribution in [0.4, 0.5) is 10.6 Å². The van der Waals surface area contributed by atoms with Crippen LogP contribution in [-0.4, -0.2) is 30.4 Å². The Labute approximate surface area is 232 Å². The smallest absolute Gasteiger partial charge is 0.320 e. The zero-order valence-electron chi connectivity index (χ0n) is 22.8. The highest BCUT2D eigenvalue weighted by Crippen LogP contribution is 2.31. The number of fused-ring (bicyclic) bond motifs is 1. The third kappa shape index (κ3) is 5.98. The summed E-state index contributed by atoms with van der Waals surface area (Å²) in [6.07, 6.45) is 2.07. The Morgan fingerprint density at radius 2 is 1.72 bits per heavy atom. The van der Waals surface area contributed by atoms with E-state index in [4.69, 9.17) is 5.10 Å². The van der Waals surface area contributed by atoms with Gasteiger partial charge in [-0.3, -0.25) is 9.72 Å². The zero-order chi connectivity index (χ0) is 27.6. The molecule has 0 aliphatic rings. The number of anilines is 1. The number of carbonyl (C=O) groups is 1. The third-order valence-electron chi connectivity index (χ3n) is 6.28. The van der Waals surface area contributed by atoms with Crippen LogP contribution in [-0.2, 0) is 12.0 Å². The standard InChI is InChI=1S/C30H33N7OS/c1-20(2)28-34-33-26-16-15-23(19-36(26)28)39-24-14-10-9-11-21(24)18-31-29(38)32-27-17-25(30(3,4)5)35-37(27)22-12-7-6-8-13-22/h6-17,19-20H,18H2,1-5H3,(H2,31,32,38). The van der Waals surface area contributed by atoms with Crippen LogP contribution in [0.1, 0.15) is 57.6 Å². The van der Waals surface area contributed by atoms with Crippen molar-refractivity contribution in [1.29, 1.82) is 0 Å². The molecule has 0 fully saturated rings. The summed E-state index contributed by atoms with van der Waals surface area (Å²) in [5.41, 5.74) is 3.48. The minimum Gasteiger partial charge on any atom is -0.334 e. The fraction of sp³-hybridized carbons (Fsp3) is 0.267. The minimum atomic E-state index is -0.292. The van der Waals surface area contributed by atoms with Crippen LogP contribution in [0, 0.1) is 0 Å². The molecule has 0 radical (unpaired) electrons. The van der Waals surface area contributed by atoms with Crippen LogP contribution in [0.3, 0.4) is 0 Å². The van der Waals surface area contributed by atoms with Crippen molar-refractivity contribution in [1.82, 2.24) is 29.7 Å². The van der Waals surface area contributed by atoms with Crippen LogP contribution >= 0.6 is 11.8 Å². The van der Waals surface area contributed by atoms with Crippen LogP contribution in [0.2, 0.25) is 0 Å². The molecule has 0 spiro atoms. The highest BCUT2D eigenvalue weighted by Gasteiger charge is 2.21. The van der Waals surface area contributed by atoms with Crippen molar-refractivity contribution in [3.63, 3.8) is 0 Å². The molecule has 8 nitrogen and oxygen atoms in total. The molecule has 0 saturated heterocycles. The lowest BCUT2D eigenvalue weighted by molar-refractivity contribution is 0.251.